The maximum atomic E-state index is 10.1. The normalized spacial score (nSPS) is 9.00. The van der Waals surface area contributed by atoms with Gasteiger partial charge in [0.1, 0.15) is 12.5 Å². The van der Waals surface area contributed by atoms with Gasteiger partial charge in [-0.1, -0.05) is 6.58 Å². The summed E-state index contributed by atoms with van der Waals surface area (Å²) in [6, 6.07) is 0. The Morgan fingerprint density at radius 1 is 1.75 bits per heavy atom. The molecule has 8 heavy (non-hydrogen) atoms. The molecule has 0 bridgehead atoms. The lowest BCUT2D eigenvalue weighted by Crippen LogP contribution is -1.91. The van der Waals surface area contributed by atoms with Crippen molar-refractivity contribution in [2.45, 2.75) is 0 Å². The molecule has 0 rings (SSSR count). The molecule has 0 aromatic rings. The molecule has 44 valence electrons. The van der Waals surface area contributed by atoms with E-state index in [9.17, 15) is 4.79 Å². The fraction of sp³-hybridized carbons (Fsp3) is 0. The van der Waals surface area contributed by atoms with Gasteiger partial charge < -0.3 is 9.84 Å². The minimum Gasteiger partial charge on any atom is -0.512 e. The van der Waals surface area contributed by atoms with Crippen LogP contribution >= 0.6 is 0 Å². The summed E-state index contributed by atoms with van der Waals surface area (Å²) in [6.07, 6.45) is 2.49. The first-order chi connectivity index (χ1) is 3.81. The van der Waals surface area contributed by atoms with Crippen LogP contribution in [0.4, 0.5) is 0 Å². The fourth-order valence-corrected chi connectivity index (χ4v) is 0.146. The van der Waals surface area contributed by atoms with Crippen LogP contribution in [0.3, 0.4) is 0 Å². The number of hydrogen-bond donors (Lipinski definition) is 1. The van der Waals surface area contributed by atoms with Gasteiger partial charge in [0.15, 0.2) is 0 Å². The predicted octanol–water partition coefficient (Wildman–Crippen LogP) is 0.745. The molecular weight excluding hydrogens is 108 g/mol. The van der Waals surface area contributed by atoms with Gasteiger partial charge in [0.25, 0.3) is 0 Å². The summed E-state index contributed by atoms with van der Waals surface area (Å²) < 4.78 is 4.15. The van der Waals surface area contributed by atoms with Crippen molar-refractivity contribution in [2.24, 2.45) is 0 Å². The number of aliphatic hydroxyl groups is 1. The van der Waals surface area contributed by atoms with Gasteiger partial charge in [0.2, 0.25) is 0 Å². The van der Waals surface area contributed by atoms with E-state index < -0.39 is 5.97 Å². The number of carbonyl (C=O) groups excluding carboxylic acids is 1. The third kappa shape index (κ3) is 2.96. The molecule has 0 fully saturated rings. The van der Waals surface area contributed by atoms with Crippen molar-refractivity contribution >= 4 is 5.97 Å². The first kappa shape index (κ1) is 6.75. The Hall–Kier alpha value is -1.25. The Morgan fingerprint density at radius 3 is 2.75 bits per heavy atom. The average molecular weight is 114 g/mol. The summed E-state index contributed by atoms with van der Waals surface area (Å²) in [5.41, 5.74) is 0. The van der Waals surface area contributed by atoms with Gasteiger partial charge in [-0.05, 0) is 0 Å². The SMILES string of the molecule is C=CC(=O)O/C=C/O. The Kier molecular flexibility index (Phi) is 3.31. The maximum absolute atomic E-state index is 10.1. The molecule has 0 aliphatic rings. The van der Waals surface area contributed by atoms with Crippen molar-refractivity contribution in [3.05, 3.63) is 25.2 Å². The summed E-state index contributed by atoms with van der Waals surface area (Å²) in [5, 5.41) is 7.92. The van der Waals surface area contributed by atoms with Gasteiger partial charge in [-0.2, -0.15) is 0 Å². The van der Waals surface area contributed by atoms with E-state index in [-0.39, 0.29) is 0 Å². The van der Waals surface area contributed by atoms with E-state index in [1.165, 1.54) is 0 Å². The maximum Gasteiger partial charge on any atom is 0.335 e. The topological polar surface area (TPSA) is 46.5 Å². The van der Waals surface area contributed by atoms with Gasteiger partial charge in [0, 0.05) is 6.08 Å². The van der Waals surface area contributed by atoms with Crippen LogP contribution in [0.25, 0.3) is 0 Å². The molecular formula is C5H6O3. The predicted molar refractivity (Wildman–Crippen MR) is 28.1 cm³/mol. The first-order valence-corrected chi connectivity index (χ1v) is 1.93. The van der Waals surface area contributed by atoms with Crippen molar-refractivity contribution in [1.82, 2.24) is 0 Å². The quantitative estimate of drug-likeness (QED) is 0.327. The summed E-state index contributed by atoms with van der Waals surface area (Å²) in [7, 11) is 0. The molecule has 0 heterocycles. The molecule has 0 unspecified atom stereocenters. The molecule has 0 atom stereocenters. The first-order valence-electron chi connectivity index (χ1n) is 1.93. The molecule has 0 aromatic heterocycles. The Bertz CT molecular complexity index is 115. The van der Waals surface area contributed by atoms with E-state index >= 15 is 0 Å². The monoisotopic (exact) mass is 114 g/mol. The minimum absolute atomic E-state index is 0.588. The number of rotatable bonds is 2. The molecule has 1 N–H and O–H groups in total. The molecule has 0 aliphatic heterocycles. The Morgan fingerprint density at radius 2 is 2.38 bits per heavy atom. The third-order valence-electron chi connectivity index (χ3n) is 0.412. The smallest absolute Gasteiger partial charge is 0.335 e. The number of aliphatic hydroxyl groups excluding tert-OH is 1. The van der Waals surface area contributed by atoms with E-state index in [1.807, 2.05) is 0 Å². The number of ether oxygens (including phenoxy) is 1. The molecule has 3 heteroatoms. The fourth-order valence-electron chi connectivity index (χ4n) is 0.146. The molecule has 0 aliphatic carbocycles. The zero-order valence-electron chi connectivity index (χ0n) is 4.20. The van der Waals surface area contributed by atoms with Crippen LogP contribution in [0, 0.1) is 0 Å². The van der Waals surface area contributed by atoms with E-state index in [2.05, 4.69) is 11.3 Å². The third-order valence-corrected chi connectivity index (χ3v) is 0.412. The van der Waals surface area contributed by atoms with Gasteiger partial charge in [-0.3, -0.25) is 0 Å². The van der Waals surface area contributed by atoms with Crippen molar-refractivity contribution in [3.63, 3.8) is 0 Å². The molecule has 0 saturated heterocycles. The van der Waals surface area contributed by atoms with Gasteiger partial charge >= 0.3 is 5.97 Å². The van der Waals surface area contributed by atoms with Crippen LogP contribution in [0.2, 0.25) is 0 Å². The molecule has 0 spiro atoms. The lowest BCUT2D eigenvalue weighted by atomic mass is 10.7. The average Bonchev–Trinajstić information content (AvgIpc) is 1.83. The highest BCUT2D eigenvalue weighted by Gasteiger charge is 1.86. The van der Waals surface area contributed by atoms with Crippen molar-refractivity contribution in [2.75, 3.05) is 0 Å². The number of hydrogen-bond acceptors (Lipinski definition) is 3. The molecule has 0 aromatic carbocycles. The second kappa shape index (κ2) is 3.92. The summed E-state index contributed by atoms with van der Waals surface area (Å²) in [5.74, 6) is -0.588. The number of carbonyl (C=O) groups is 1. The van der Waals surface area contributed by atoms with Crippen molar-refractivity contribution < 1.29 is 14.6 Å². The number of esters is 1. The molecule has 0 saturated carbocycles. The van der Waals surface area contributed by atoms with Crippen LogP contribution in [0.15, 0.2) is 25.2 Å². The van der Waals surface area contributed by atoms with E-state index in [4.69, 9.17) is 5.11 Å². The summed E-state index contributed by atoms with van der Waals surface area (Å²) >= 11 is 0. The molecule has 0 radical (unpaired) electrons. The van der Waals surface area contributed by atoms with Crippen LogP contribution in [0.1, 0.15) is 0 Å². The van der Waals surface area contributed by atoms with E-state index in [1.54, 1.807) is 0 Å². The zero-order valence-corrected chi connectivity index (χ0v) is 4.20. The van der Waals surface area contributed by atoms with Gasteiger partial charge in [0.05, 0.1) is 0 Å². The van der Waals surface area contributed by atoms with Crippen LogP contribution in [-0.4, -0.2) is 11.1 Å². The highest BCUT2D eigenvalue weighted by Crippen LogP contribution is 1.77. The van der Waals surface area contributed by atoms with Crippen LogP contribution in [-0.2, 0) is 9.53 Å². The van der Waals surface area contributed by atoms with Gasteiger partial charge in [-0.25, -0.2) is 4.79 Å². The zero-order chi connectivity index (χ0) is 6.41. The van der Waals surface area contributed by atoms with E-state index in [0.29, 0.717) is 6.26 Å². The van der Waals surface area contributed by atoms with Crippen molar-refractivity contribution in [3.8, 4) is 0 Å². The largest absolute Gasteiger partial charge is 0.512 e. The highest BCUT2D eigenvalue weighted by molar-refractivity contribution is 5.81. The second-order valence-electron chi connectivity index (χ2n) is 0.926. The molecule has 0 amide bonds. The lowest BCUT2D eigenvalue weighted by Gasteiger charge is -1.86. The standard InChI is InChI=1S/C5H6O3/c1-2-5(7)8-4-3-6/h2-4,6H,1H2/b4-3+. The highest BCUT2D eigenvalue weighted by atomic mass is 16.5. The Balaban J connectivity index is 3.39. The summed E-state index contributed by atoms with van der Waals surface area (Å²) in [4.78, 5) is 10.1. The van der Waals surface area contributed by atoms with Crippen LogP contribution < -0.4 is 0 Å². The van der Waals surface area contributed by atoms with E-state index in [0.717, 1.165) is 12.3 Å². The summed E-state index contributed by atoms with van der Waals surface area (Å²) in [6.45, 7) is 3.12. The minimum atomic E-state index is -0.588. The lowest BCUT2D eigenvalue weighted by molar-refractivity contribution is -0.132. The van der Waals surface area contributed by atoms with Crippen LogP contribution in [0.5, 0.6) is 0 Å². The van der Waals surface area contributed by atoms with Crippen molar-refractivity contribution in [1.29, 1.82) is 0 Å². The second-order valence-corrected chi connectivity index (χ2v) is 0.926. The Labute approximate surface area is 46.9 Å². The molecule has 3 nitrogen and oxygen atoms in total. The van der Waals surface area contributed by atoms with Gasteiger partial charge in [-0.15, -0.1) is 0 Å².